The molecule has 0 aliphatic heterocycles. The molecular weight excluding hydrogens is 360 g/mol. The fourth-order valence-electron chi connectivity index (χ4n) is 2.93. The number of aromatic nitrogens is 2. The van der Waals surface area contributed by atoms with Crippen LogP contribution in [0.4, 0.5) is 0 Å². The van der Waals surface area contributed by atoms with Crippen LogP contribution in [0.2, 0.25) is 5.02 Å². The van der Waals surface area contributed by atoms with Crippen LogP contribution in [-0.2, 0) is 6.61 Å². The largest absolute Gasteiger partial charge is 0.507 e. The normalized spacial score (nSPS) is 10.7. The molecule has 4 aromatic rings. The Morgan fingerprint density at radius 3 is 2.44 bits per heavy atom. The van der Waals surface area contributed by atoms with Crippen LogP contribution in [0.15, 0.2) is 79.0 Å². The Kier molecular flexibility index (Phi) is 4.81. The third-order valence-electron chi connectivity index (χ3n) is 4.29. The molecule has 134 valence electrons. The van der Waals surface area contributed by atoms with Crippen molar-refractivity contribution in [1.82, 2.24) is 10.2 Å². The van der Waals surface area contributed by atoms with Gasteiger partial charge >= 0.3 is 0 Å². The number of aromatic amines is 1. The van der Waals surface area contributed by atoms with Crippen LogP contribution >= 0.6 is 11.6 Å². The van der Waals surface area contributed by atoms with E-state index in [-0.39, 0.29) is 5.75 Å². The van der Waals surface area contributed by atoms with Gasteiger partial charge in [0.05, 0.1) is 11.9 Å². The Labute approximate surface area is 162 Å². The molecular formula is C22H17ClN2O2. The fraction of sp³-hybridized carbons (Fsp3) is 0.0455. The first kappa shape index (κ1) is 17.2. The van der Waals surface area contributed by atoms with Crippen molar-refractivity contribution in [2.75, 3.05) is 0 Å². The molecule has 27 heavy (non-hydrogen) atoms. The van der Waals surface area contributed by atoms with Crippen LogP contribution in [0, 0.1) is 0 Å². The van der Waals surface area contributed by atoms with Crippen LogP contribution in [0.1, 0.15) is 5.56 Å². The lowest BCUT2D eigenvalue weighted by atomic mass is 10.0. The molecule has 0 saturated carbocycles. The van der Waals surface area contributed by atoms with Crippen molar-refractivity contribution >= 4 is 11.6 Å². The van der Waals surface area contributed by atoms with Gasteiger partial charge in [0, 0.05) is 27.8 Å². The smallest absolute Gasteiger partial charge is 0.128 e. The van der Waals surface area contributed by atoms with E-state index in [0.29, 0.717) is 28.6 Å². The number of halogens is 1. The summed E-state index contributed by atoms with van der Waals surface area (Å²) in [6, 6.07) is 22.7. The van der Waals surface area contributed by atoms with Crippen LogP contribution < -0.4 is 4.74 Å². The summed E-state index contributed by atoms with van der Waals surface area (Å²) in [6.07, 6.45) is 1.70. The van der Waals surface area contributed by atoms with Crippen LogP contribution in [0.3, 0.4) is 0 Å². The van der Waals surface area contributed by atoms with Gasteiger partial charge in [-0.25, -0.2) is 0 Å². The highest BCUT2D eigenvalue weighted by Gasteiger charge is 2.15. The van der Waals surface area contributed by atoms with Gasteiger partial charge in [0.2, 0.25) is 0 Å². The lowest BCUT2D eigenvalue weighted by Crippen LogP contribution is -1.95. The number of H-pyrrole nitrogens is 1. The molecule has 4 rings (SSSR count). The number of phenols is 1. The maximum Gasteiger partial charge on any atom is 0.128 e. The topological polar surface area (TPSA) is 58.1 Å². The first-order valence-electron chi connectivity index (χ1n) is 8.51. The van der Waals surface area contributed by atoms with Crippen LogP contribution in [0.5, 0.6) is 11.5 Å². The van der Waals surface area contributed by atoms with Crippen molar-refractivity contribution in [2.24, 2.45) is 0 Å². The maximum absolute atomic E-state index is 10.5. The minimum Gasteiger partial charge on any atom is -0.507 e. The highest BCUT2D eigenvalue weighted by molar-refractivity contribution is 6.33. The second kappa shape index (κ2) is 7.56. The van der Waals surface area contributed by atoms with E-state index in [1.807, 2.05) is 66.7 Å². The molecule has 1 aromatic heterocycles. The summed E-state index contributed by atoms with van der Waals surface area (Å²) < 4.78 is 5.77. The molecule has 4 nitrogen and oxygen atoms in total. The van der Waals surface area contributed by atoms with Gasteiger partial charge in [0.25, 0.3) is 0 Å². The molecule has 0 radical (unpaired) electrons. The summed E-state index contributed by atoms with van der Waals surface area (Å²) in [5.74, 6) is 0.706. The Bertz CT molecular complexity index is 1060. The Morgan fingerprint density at radius 1 is 0.889 bits per heavy atom. The van der Waals surface area contributed by atoms with Gasteiger partial charge in [-0.3, -0.25) is 5.10 Å². The van der Waals surface area contributed by atoms with E-state index >= 15 is 0 Å². The molecule has 2 N–H and O–H groups in total. The van der Waals surface area contributed by atoms with Gasteiger partial charge < -0.3 is 9.84 Å². The Balaban J connectivity index is 1.61. The molecule has 0 unspecified atom stereocenters. The van der Waals surface area contributed by atoms with E-state index in [9.17, 15) is 5.11 Å². The van der Waals surface area contributed by atoms with Gasteiger partial charge in [-0.1, -0.05) is 60.1 Å². The number of rotatable bonds is 5. The zero-order valence-corrected chi connectivity index (χ0v) is 15.1. The van der Waals surface area contributed by atoms with Crippen LogP contribution in [-0.4, -0.2) is 15.3 Å². The molecule has 0 aliphatic rings. The summed E-state index contributed by atoms with van der Waals surface area (Å²) in [6.45, 7) is 0.439. The molecule has 3 aromatic carbocycles. The Hall–Kier alpha value is -3.24. The molecule has 0 bridgehead atoms. The predicted octanol–water partition coefficient (Wildman–Crippen LogP) is 5.68. The lowest BCUT2D eigenvalue weighted by Gasteiger charge is -2.10. The number of benzene rings is 3. The second-order valence-electron chi connectivity index (χ2n) is 6.09. The molecule has 0 atom stereocenters. The second-order valence-corrected chi connectivity index (χ2v) is 6.50. The van der Waals surface area contributed by atoms with Gasteiger partial charge in [-0.05, 0) is 23.8 Å². The number of hydrogen-bond acceptors (Lipinski definition) is 3. The zero-order chi connectivity index (χ0) is 18.6. The Morgan fingerprint density at radius 2 is 1.67 bits per heavy atom. The summed E-state index contributed by atoms with van der Waals surface area (Å²) >= 11 is 6.32. The van der Waals surface area contributed by atoms with Crippen molar-refractivity contribution in [1.29, 1.82) is 0 Å². The van der Waals surface area contributed by atoms with E-state index in [2.05, 4.69) is 10.2 Å². The number of nitrogens with one attached hydrogen (secondary N) is 1. The molecule has 0 aliphatic carbocycles. The lowest BCUT2D eigenvalue weighted by molar-refractivity contribution is 0.304. The predicted molar refractivity (Wildman–Crippen MR) is 107 cm³/mol. The summed E-state index contributed by atoms with van der Waals surface area (Å²) in [4.78, 5) is 0. The van der Waals surface area contributed by atoms with Crippen molar-refractivity contribution < 1.29 is 9.84 Å². The van der Waals surface area contributed by atoms with Gasteiger partial charge in [-0.15, -0.1) is 0 Å². The van der Waals surface area contributed by atoms with Gasteiger partial charge in [0.15, 0.2) is 0 Å². The molecule has 0 spiro atoms. The molecule has 0 saturated heterocycles. The quantitative estimate of drug-likeness (QED) is 0.471. The summed E-state index contributed by atoms with van der Waals surface area (Å²) in [5.41, 5.74) is 4.08. The first-order chi connectivity index (χ1) is 13.2. The van der Waals surface area contributed by atoms with Crippen molar-refractivity contribution in [3.05, 3.63) is 89.6 Å². The number of nitrogens with zero attached hydrogens (tertiary/aromatic N) is 1. The molecule has 0 fully saturated rings. The number of aromatic hydroxyl groups is 1. The number of ether oxygens (including phenoxy) is 1. The van der Waals surface area contributed by atoms with E-state index in [1.165, 1.54) is 0 Å². The molecule has 5 heteroatoms. The van der Waals surface area contributed by atoms with Gasteiger partial charge in [0.1, 0.15) is 18.1 Å². The maximum atomic E-state index is 10.5. The van der Waals surface area contributed by atoms with E-state index in [4.69, 9.17) is 16.3 Å². The minimum atomic E-state index is 0.109. The highest BCUT2D eigenvalue weighted by atomic mass is 35.5. The molecule has 1 heterocycles. The fourth-order valence-corrected chi connectivity index (χ4v) is 3.17. The summed E-state index contributed by atoms with van der Waals surface area (Å²) in [7, 11) is 0. The number of phenolic OH excluding ortho intramolecular Hbond substituents is 1. The van der Waals surface area contributed by atoms with Crippen LogP contribution in [0.25, 0.3) is 22.4 Å². The SMILES string of the molecule is Oc1cc(OCc2ccccc2)ccc1-c1[nH]ncc1-c1ccccc1Cl. The van der Waals surface area contributed by atoms with E-state index < -0.39 is 0 Å². The van der Waals surface area contributed by atoms with E-state index in [1.54, 1.807) is 12.3 Å². The molecule has 0 amide bonds. The van der Waals surface area contributed by atoms with Crippen molar-refractivity contribution in [3.63, 3.8) is 0 Å². The first-order valence-corrected chi connectivity index (χ1v) is 8.88. The summed E-state index contributed by atoms with van der Waals surface area (Å²) in [5, 5.41) is 18.3. The third-order valence-corrected chi connectivity index (χ3v) is 4.62. The average molecular weight is 377 g/mol. The minimum absolute atomic E-state index is 0.109. The van der Waals surface area contributed by atoms with Crippen molar-refractivity contribution in [2.45, 2.75) is 6.61 Å². The average Bonchev–Trinajstić information content (AvgIpc) is 3.17. The van der Waals surface area contributed by atoms with Gasteiger partial charge in [-0.2, -0.15) is 5.10 Å². The zero-order valence-electron chi connectivity index (χ0n) is 14.4. The number of hydrogen-bond donors (Lipinski definition) is 2. The third kappa shape index (κ3) is 3.66. The van der Waals surface area contributed by atoms with Crippen molar-refractivity contribution in [3.8, 4) is 33.9 Å². The standard InChI is InChI=1S/C22H17ClN2O2/c23-20-9-5-4-8-17(20)19-13-24-25-22(19)18-11-10-16(12-21(18)26)27-14-15-6-2-1-3-7-15/h1-13,26H,14H2,(H,24,25). The highest BCUT2D eigenvalue weighted by Crippen LogP contribution is 2.39. The monoisotopic (exact) mass is 376 g/mol. The van der Waals surface area contributed by atoms with E-state index in [0.717, 1.165) is 16.7 Å².